The number of carbonyl (C=O) groups is 1. The molecule has 3 aromatic carbocycles. The predicted molar refractivity (Wildman–Crippen MR) is 115 cm³/mol. The van der Waals surface area contributed by atoms with Crippen LogP contribution in [0.4, 0.5) is 4.79 Å². The molecule has 0 spiro atoms. The van der Waals surface area contributed by atoms with E-state index in [-0.39, 0.29) is 6.03 Å². The minimum Gasteiger partial charge on any atom is -0.338 e. The van der Waals surface area contributed by atoms with E-state index in [1.807, 2.05) is 59.5 Å². The highest BCUT2D eigenvalue weighted by atomic mass is 16.2. The molecule has 2 amide bonds. The summed E-state index contributed by atoms with van der Waals surface area (Å²) in [6.45, 7) is 2.08. The van der Waals surface area contributed by atoms with Crippen molar-refractivity contribution in [2.75, 3.05) is 19.6 Å². The highest BCUT2D eigenvalue weighted by molar-refractivity contribution is 5.74. The number of hydrogen-bond acceptors (Lipinski definition) is 1. The summed E-state index contributed by atoms with van der Waals surface area (Å²) in [6.07, 6.45) is 2.57. The van der Waals surface area contributed by atoms with Gasteiger partial charge < -0.3 is 10.2 Å². The van der Waals surface area contributed by atoms with Gasteiger partial charge in [0.25, 0.3) is 0 Å². The Balaban J connectivity index is 1.54. The molecule has 0 aliphatic rings. The first kappa shape index (κ1) is 19.7. The van der Waals surface area contributed by atoms with E-state index in [1.54, 1.807) is 0 Å². The molecule has 0 saturated heterocycles. The van der Waals surface area contributed by atoms with Crippen LogP contribution >= 0.6 is 0 Å². The summed E-state index contributed by atoms with van der Waals surface area (Å²) < 4.78 is 0. The molecule has 28 heavy (non-hydrogen) atoms. The lowest BCUT2D eigenvalue weighted by Crippen LogP contribution is -2.42. The van der Waals surface area contributed by atoms with Crippen molar-refractivity contribution in [1.82, 2.24) is 10.2 Å². The van der Waals surface area contributed by atoms with Crippen LogP contribution in [0.1, 0.15) is 16.7 Å². The maximum absolute atomic E-state index is 12.8. The first-order valence-electron chi connectivity index (χ1n) is 9.96. The van der Waals surface area contributed by atoms with Crippen LogP contribution < -0.4 is 5.32 Å². The molecular weight excluding hydrogens is 344 g/mol. The van der Waals surface area contributed by atoms with Crippen molar-refractivity contribution in [2.24, 2.45) is 0 Å². The second-order valence-electron chi connectivity index (χ2n) is 6.93. The molecule has 0 aromatic heterocycles. The lowest BCUT2D eigenvalue weighted by Gasteiger charge is -2.23. The van der Waals surface area contributed by atoms with Crippen LogP contribution in [0.2, 0.25) is 0 Å². The third kappa shape index (κ3) is 6.58. The maximum atomic E-state index is 12.8. The van der Waals surface area contributed by atoms with Crippen molar-refractivity contribution in [3.8, 4) is 0 Å². The normalized spacial score (nSPS) is 10.4. The maximum Gasteiger partial charge on any atom is 0.317 e. The van der Waals surface area contributed by atoms with Gasteiger partial charge in [0.1, 0.15) is 0 Å². The summed E-state index contributed by atoms with van der Waals surface area (Å²) in [6, 6.07) is 31.0. The lowest BCUT2D eigenvalue weighted by atomic mass is 10.1. The second kappa shape index (κ2) is 10.9. The van der Waals surface area contributed by atoms with E-state index >= 15 is 0 Å². The van der Waals surface area contributed by atoms with Gasteiger partial charge in [-0.25, -0.2) is 4.79 Å². The quantitative estimate of drug-likeness (QED) is 0.579. The van der Waals surface area contributed by atoms with E-state index in [4.69, 9.17) is 0 Å². The number of carbonyl (C=O) groups excluding carboxylic acids is 1. The average molecular weight is 373 g/mol. The molecular formula is C25H28N2O. The number of nitrogens with one attached hydrogen (secondary N) is 1. The minimum absolute atomic E-state index is 0.0165. The van der Waals surface area contributed by atoms with Gasteiger partial charge in [0.15, 0.2) is 0 Å². The Morgan fingerprint density at radius 3 is 1.43 bits per heavy atom. The van der Waals surface area contributed by atoms with Gasteiger partial charge in [0.05, 0.1) is 0 Å². The van der Waals surface area contributed by atoms with Gasteiger partial charge in [-0.3, -0.25) is 0 Å². The van der Waals surface area contributed by atoms with Crippen LogP contribution in [0, 0.1) is 0 Å². The molecule has 0 radical (unpaired) electrons. The Morgan fingerprint density at radius 1 is 0.607 bits per heavy atom. The van der Waals surface area contributed by atoms with Gasteiger partial charge in [-0.15, -0.1) is 0 Å². The molecule has 1 N–H and O–H groups in total. The van der Waals surface area contributed by atoms with Gasteiger partial charge in [0.2, 0.25) is 0 Å². The van der Waals surface area contributed by atoms with Crippen LogP contribution in [-0.2, 0) is 19.3 Å². The number of benzene rings is 3. The fraction of sp³-hybridized carbons (Fsp3) is 0.240. The monoisotopic (exact) mass is 372 g/mol. The van der Waals surface area contributed by atoms with Gasteiger partial charge >= 0.3 is 6.03 Å². The van der Waals surface area contributed by atoms with Crippen molar-refractivity contribution in [2.45, 2.75) is 19.3 Å². The van der Waals surface area contributed by atoms with E-state index in [0.717, 1.165) is 19.3 Å². The Labute approximate surface area is 168 Å². The number of amides is 2. The molecule has 3 rings (SSSR count). The number of hydrogen-bond donors (Lipinski definition) is 1. The largest absolute Gasteiger partial charge is 0.338 e. The Kier molecular flexibility index (Phi) is 7.68. The summed E-state index contributed by atoms with van der Waals surface area (Å²) >= 11 is 0. The second-order valence-corrected chi connectivity index (χ2v) is 6.93. The van der Waals surface area contributed by atoms with Gasteiger partial charge in [0, 0.05) is 19.6 Å². The fourth-order valence-corrected chi connectivity index (χ4v) is 3.20. The minimum atomic E-state index is 0.0165. The zero-order chi connectivity index (χ0) is 19.4. The summed E-state index contributed by atoms with van der Waals surface area (Å²) in [5, 5.41) is 3.09. The SMILES string of the molecule is O=C(NCCc1ccccc1)N(CCc1ccccc1)CCc1ccccc1. The van der Waals surface area contributed by atoms with Crippen LogP contribution in [0.5, 0.6) is 0 Å². The highest BCUT2D eigenvalue weighted by Gasteiger charge is 2.13. The van der Waals surface area contributed by atoms with Crippen LogP contribution in [0.3, 0.4) is 0 Å². The zero-order valence-corrected chi connectivity index (χ0v) is 16.3. The molecule has 0 fully saturated rings. The highest BCUT2D eigenvalue weighted by Crippen LogP contribution is 2.06. The Hall–Kier alpha value is -3.07. The number of rotatable bonds is 9. The molecule has 3 heteroatoms. The summed E-state index contributed by atoms with van der Waals surface area (Å²) in [5.41, 5.74) is 3.75. The molecule has 0 unspecified atom stereocenters. The van der Waals surface area contributed by atoms with Gasteiger partial charge in [-0.1, -0.05) is 91.0 Å². The molecule has 0 atom stereocenters. The topological polar surface area (TPSA) is 32.3 Å². The molecule has 0 saturated carbocycles. The van der Waals surface area contributed by atoms with Crippen molar-refractivity contribution in [3.63, 3.8) is 0 Å². The molecule has 3 nitrogen and oxygen atoms in total. The molecule has 144 valence electrons. The molecule has 0 aliphatic carbocycles. The van der Waals surface area contributed by atoms with Crippen LogP contribution in [-0.4, -0.2) is 30.6 Å². The van der Waals surface area contributed by atoms with Crippen LogP contribution in [0.15, 0.2) is 91.0 Å². The molecule has 0 aliphatic heterocycles. The van der Waals surface area contributed by atoms with Crippen molar-refractivity contribution in [3.05, 3.63) is 108 Å². The van der Waals surface area contributed by atoms with Gasteiger partial charge in [-0.2, -0.15) is 0 Å². The van der Waals surface area contributed by atoms with Crippen molar-refractivity contribution < 1.29 is 4.79 Å². The molecule has 3 aromatic rings. The van der Waals surface area contributed by atoms with E-state index in [1.165, 1.54) is 16.7 Å². The van der Waals surface area contributed by atoms with E-state index in [2.05, 4.69) is 41.7 Å². The summed E-state index contributed by atoms with van der Waals surface area (Å²) in [4.78, 5) is 14.7. The molecule has 0 bridgehead atoms. The number of urea groups is 1. The Bertz CT molecular complexity index is 775. The predicted octanol–water partition coefficient (Wildman–Crippen LogP) is 4.73. The average Bonchev–Trinajstić information content (AvgIpc) is 2.76. The van der Waals surface area contributed by atoms with Gasteiger partial charge in [-0.05, 0) is 36.0 Å². The van der Waals surface area contributed by atoms with Crippen molar-refractivity contribution in [1.29, 1.82) is 0 Å². The van der Waals surface area contributed by atoms with Crippen LogP contribution in [0.25, 0.3) is 0 Å². The third-order valence-corrected chi connectivity index (χ3v) is 4.85. The van der Waals surface area contributed by atoms with E-state index in [0.29, 0.717) is 19.6 Å². The first-order chi connectivity index (χ1) is 13.8. The zero-order valence-electron chi connectivity index (χ0n) is 16.3. The summed E-state index contributed by atoms with van der Waals surface area (Å²) in [5.74, 6) is 0. The summed E-state index contributed by atoms with van der Waals surface area (Å²) in [7, 11) is 0. The van der Waals surface area contributed by atoms with Crippen molar-refractivity contribution >= 4 is 6.03 Å². The first-order valence-corrected chi connectivity index (χ1v) is 9.96. The van der Waals surface area contributed by atoms with E-state index < -0.39 is 0 Å². The molecule has 0 heterocycles. The Morgan fingerprint density at radius 2 is 1.00 bits per heavy atom. The smallest absolute Gasteiger partial charge is 0.317 e. The lowest BCUT2D eigenvalue weighted by molar-refractivity contribution is 0.199. The number of nitrogens with zero attached hydrogens (tertiary/aromatic N) is 1. The third-order valence-electron chi connectivity index (χ3n) is 4.85. The van der Waals surface area contributed by atoms with E-state index in [9.17, 15) is 4.79 Å². The fourth-order valence-electron chi connectivity index (χ4n) is 3.20. The standard InChI is InChI=1S/C25H28N2O/c28-25(26-19-16-22-10-4-1-5-11-22)27(20-17-23-12-6-2-7-13-23)21-18-24-14-8-3-9-15-24/h1-15H,16-21H2,(H,26,28).